The molecule has 0 aliphatic heterocycles. The van der Waals surface area contributed by atoms with Crippen LogP contribution in [-0.2, 0) is 16.1 Å². The SMILES string of the molecule is COc1ccc(CN(C)CC(=O)NNC(=O)COc2ccc(Cl)cc2)cc1. The summed E-state index contributed by atoms with van der Waals surface area (Å²) in [5.41, 5.74) is 5.72. The summed E-state index contributed by atoms with van der Waals surface area (Å²) in [4.78, 5) is 25.5. The van der Waals surface area contributed by atoms with Gasteiger partial charge in [0.25, 0.3) is 11.8 Å². The number of rotatable bonds is 8. The molecule has 0 aliphatic rings. The Bertz CT molecular complexity index is 751. The van der Waals surface area contributed by atoms with E-state index in [1.54, 1.807) is 31.4 Å². The fraction of sp³-hybridized carbons (Fsp3) is 0.263. The van der Waals surface area contributed by atoms with Crippen LogP contribution in [0, 0.1) is 0 Å². The van der Waals surface area contributed by atoms with Crippen LogP contribution in [0.5, 0.6) is 11.5 Å². The lowest BCUT2D eigenvalue weighted by Gasteiger charge is -2.17. The second-order valence-electron chi connectivity index (χ2n) is 5.86. The number of nitrogens with one attached hydrogen (secondary N) is 2. The van der Waals surface area contributed by atoms with Crippen LogP contribution >= 0.6 is 11.6 Å². The highest BCUT2D eigenvalue weighted by molar-refractivity contribution is 6.30. The molecule has 2 N–H and O–H groups in total. The van der Waals surface area contributed by atoms with Gasteiger partial charge in [0, 0.05) is 11.6 Å². The van der Waals surface area contributed by atoms with Gasteiger partial charge in [-0.15, -0.1) is 0 Å². The summed E-state index contributed by atoms with van der Waals surface area (Å²) in [6.07, 6.45) is 0. The van der Waals surface area contributed by atoms with E-state index in [1.165, 1.54) is 0 Å². The van der Waals surface area contributed by atoms with Gasteiger partial charge in [0.1, 0.15) is 11.5 Å². The molecule has 0 atom stereocenters. The van der Waals surface area contributed by atoms with E-state index in [2.05, 4.69) is 10.9 Å². The number of hydrogen-bond donors (Lipinski definition) is 2. The van der Waals surface area contributed by atoms with Gasteiger partial charge in [0.2, 0.25) is 0 Å². The monoisotopic (exact) mass is 391 g/mol. The number of ether oxygens (including phenoxy) is 2. The van der Waals surface area contributed by atoms with Crippen molar-refractivity contribution in [3.63, 3.8) is 0 Å². The van der Waals surface area contributed by atoms with Crippen LogP contribution in [0.4, 0.5) is 0 Å². The van der Waals surface area contributed by atoms with Gasteiger partial charge in [0.15, 0.2) is 6.61 Å². The molecule has 0 unspecified atom stereocenters. The largest absolute Gasteiger partial charge is 0.497 e. The van der Waals surface area contributed by atoms with E-state index in [4.69, 9.17) is 21.1 Å². The lowest BCUT2D eigenvalue weighted by molar-refractivity contribution is -0.130. The predicted octanol–water partition coefficient (Wildman–Crippen LogP) is 2.01. The number of benzene rings is 2. The number of hydrazine groups is 1. The molecule has 2 aromatic carbocycles. The zero-order valence-corrected chi connectivity index (χ0v) is 16.0. The van der Waals surface area contributed by atoms with Gasteiger partial charge in [-0.2, -0.15) is 0 Å². The molecule has 0 fully saturated rings. The number of likely N-dealkylation sites (N-methyl/N-ethyl adjacent to an activating group) is 1. The van der Waals surface area contributed by atoms with Crippen molar-refractivity contribution in [3.05, 3.63) is 59.1 Å². The highest BCUT2D eigenvalue weighted by atomic mass is 35.5. The molecule has 2 aromatic rings. The van der Waals surface area contributed by atoms with Gasteiger partial charge in [-0.1, -0.05) is 23.7 Å². The second kappa shape index (κ2) is 10.4. The number of carbonyl (C=O) groups excluding carboxylic acids is 2. The molecule has 8 heteroatoms. The summed E-state index contributed by atoms with van der Waals surface area (Å²) >= 11 is 5.77. The molecule has 27 heavy (non-hydrogen) atoms. The number of methoxy groups -OCH3 is 1. The van der Waals surface area contributed by atoms with Crippen LogP contribution in [0.3, 0.4) is 0 Å². The lowest BCUT2D eigenvalue weighted by Crippen LogP contribution is -2.47. The van der Waals surface area contributed by atoms with Crippen molar-refractivity contribution in [2.45, 2.75) is 6.54 Å². The third-order valence-corrected chi connectivity index (χ3v) is 3.80. The molecule has 0 heterocycles. The minimum Gasteiger partial charge on any atom is -0.497 e. The Kier molecular flexibility index (Phi) is 7.91. The van der Waals surface area contributed by atoms with Crippen molar-refractivity contribution in [2.75, 3.05) is 27.3 Å². The maximum atomic E-state index is 11.9. The molecular weight excluding hydrogens is 370 g/mol. The zero-order valence-electron chi connectivity index (χ0n) is 15.2. The Balaban J connectivity index is 1.66. The van der Waals surface area contributed by atoms with E-state index in [0.717, 1.165) is 11.3 Å². The van der Waals surface area contributed by atoms with Gasteiger partial charge in [-0.25, -0.2) is 0 Å². The van der Waals surface area contributed by atoms with Crippen molar-refractivity contribution in [2.24, 2.45) is 0 Å². The smallest absolute Gasteiger partial charge is 0.276 e. The van der Waals surface area contributed by atoms with Crippen molar-refractivity contribution in [3.8, 4) is 11.5 Å². The first-order valence-electron chi connectivity index (χ1n) is 8.24. The zero-order chi connectivity index (χ0) is 19.6. The molecule has 7 nitrogen and oxygen atoms in total. The van der Waals surface area contributed by atoms with E-state index in [1.807, 2.05) is 36.2 Å². The highest BCUT2D eigenvalue weighted by Crippen LogP contribution is 2.15. The Labute approximate surface area is 163 Å². The van der Waals surface area contributed by atoms with Gasteiger partial charge >= 0.3 is 0 Å². The molecule has 0 radical (unpaired) electrons. The average molecular weight is 392 g/mol. The third-order valence-electron chi connectivity index (χ3n) is 3.55. The summed E-state index contributed by atoms with van der Waals surface area (Å²) in [7, 11) is 3.43. The van der Waals surface area contributed by atoms with E-state index in [0.29, 0.717) is 17.3 Å². The Hall–Kier alpha value is -2.77. The normalized spacial score (nSPS) is 10.4. The quantitative estimate of drug-likeness (QED) is 0.673. The maximum Gasteiger partial charge on any atom is 0.276 e. The topological polar surface area (TPSA) is 79.9 Å². The molecule has 0 saturated heterocycles. The van der Waals surface area contributed by atoms with Crippen molar-refractivity contribution in [1.82, 2.24) is 15.8 Å². The number of hydrogen-bond acceptors (Lipinski definition) is 5. The Morgan fingerprint density at radius 1 is 0.963 bits per heavy atom. The van der Waals surface area contributed by atoms with Crippen LogP contribution < -0.4 is 20.3 Å². The van der Waals surface area contributed by atoms with Gasteiger partial charge in [-0.05, 0) is 49.0 Å². The lowest BCUT2D eigenvalue weighted by atomic mass is 10.2. The second-order valence-corrected chi connectivity index (χ2v) is 6.30. The minimum atomic E-state index is -0.462. The highest BCUT2D eigenvalue weighted by Gasteiger charge is 2.09. The van der Waals surface area contributed by atoms with Crippen LogP contribution in [0.25, 0.3) is 0 Å². The summed E-state index contributed by atoms with van der Waals surface area (Å²) in [5.74, 6) is 0.504. The van der Waals surface area contributed by atoms with Crippen LogP contribution in [0.1, 0.15) is 5.56 Å². The van der Waals surface area contributed by atoms with Crippen LogP contribution in [-0.4, -0.2) is 44.0 Å². The fourth-order valence-electron chi connectivity index (χ4n) is 2.24. The van der Waals surface area contributed by atoms with Crippen molar-refractivity contribution < 1.29 is 19.1 Å². The number of carbonyl (C=O) groups is 2. The Morgan fingerprint density at radius 3 is 2.19 bits per heavy atom. The Morgan fingerprint density at radius 2 is 1.56 bits per heavy atom. The fourth-order valence-corrected chi connectivity index (χ4v) is 2.36. The molecule has 0 aliphatic carbocycles. The first kappa shape index (κ1) is 20.5. The first-order valence-corrected chi connectivity index (χ1v) is 8.61. The van der Waals surface area contributed by atoms with Crippen LogP contribution in [0.2, 0.25) is 5.02 Å². The third kappa shape index (κ3) is 7.55. The molecule has 2 amide bonds. The van der Waals surface area contributed by atoms with Gasteiger partial charge in [-0.3, -0.25) is 25.3 Å². The summed E-state index contributed by atoms with van der Waals surface area (Å²) in [5, 5.41) is 0.581. The average Bonchev–Trinajstić information content (AvgIpc) is 2.66. The molecule has 0 aromatic heterocycles. The van der Waals surface area contributed by atoms with Crippen molar-refractivity contribution in [1.29, 1.82) is 0 Å². The van der Waals surface area contributed by atoms with E-state index >= 15 is 0 Å². The van der Waals surface area contributed by atoms with E-state index < -0.39 is 5.91 Å². The van der Waals surface area contributed by atoms with E-state index in [-0.39, 0.29) is 19.1 Å². The molecule has 0 saturated carbocycles. The number of nitrogens with zero attached hydrogens (tertiary/aromatic N) is 1. The first-order chi connectivity index (χ1) is 13.0. The minimum absolute atomic E-state index is 0.129. The van der Waals surface area contributed by atoms with Gasteiger partial charge in [0.05, 0.1) is 13.7 Å². The molecule has 0 spiro atoms. The molecular formula is C19H22ClN3O4. The number of amides is 2. The standard InChI is InChI=1S/C19H22ClN3O4/c1-23(11-14-3-7-16(26-2)8-4-14)12-18(24)21-22-19(25)13-27-17-9-5-15(20)6-10-17/h3-10H,11-13H2,1-2H3,(H,21,24)(H,22,25). The van der Waals surface area contributed by atoms with Crippen molar-refractivity contribution >= 4 is 23.4 Å². The summed E-state index contributed by atoms with van der Waals surface area (Å²) in [6.45, 7) is 0.499. The summed E-state index contributed by atoms with van der Waals surface area (Å²) < 4.78 is 10.4. The van der Waals surface area contributed by atoms with E-state index in [9.17, 15) is 9.59 Å². The molecule has 2 rings (SSSR count). The summed E-state index contributed by atoms with van der Waals surface area (Å²) in [6, 6.07) is 14.2. The predicted molar refractivity (Wildman–Crippen MR) is 103 cm³/mol. The molecule has 144 valence electrons. The maximum absolute atomic E-state index is 11.9. The molecule has 0 bridgehead atoms. The number of halogens is 1. The van der Waals surface area contributed by atoms with Gasteiger partial charge < -0.3 is 9.47 Å². The van der Waals surface area contributed by atoms with Crippen LogP contribution in [0.15, 0.2) is 48.5 Å².